The van der Waals surface area contributed by atoms with Crippen molar-refractivity contribution in [2.24, 2.45) is 0 Å². The molecule has 1 aromatic rings. The molecule has 0 aliphatic carbocycles. The molecule has 1 aromatic carbocycles. The van der Waals surface area contributed by atoms with Gasteiger partial charge in [-0.2, -0.15) is 0 Å². The van der Waals surface area contributed by atoms with E-state index in [0.29, 0.717) is 25.1 Å². The van der Waals surface area contributed by atoms with Crippen LogP contribution in [-0.2, 0) is 10.4 Å². The molecule has 0 radical (unpaired) electrons. The van der Waals surface area contributed by atoms with Gasteiger partial charge in [0, 0.05) is 26.2 Å². The number of hydrogen-bond donors (Lipinski definition) is 1. The third-order valence-corrected chi connectivity index (χ3v) is 5.41. The standard InChI is InChI=1S/C18H24N2O4/c21-17(20-7-1-2-8-20)12-19-9-5-18(22,6-10-19)14-3-4-15-16(11-14)24-13-23-15/h3-4,11,22H,1-2,5-10,12-13H2. The first-order chi connectivity index (χ1) is 11.6. The summed E-state index contributed by atoms with van der Waals surface area (Å²) in [4.78, 5) is 16.4. The molecule has 0 bridgehead atoms. The average molecular weight is 332 g/mol. The zero-order valence-corrected chi connectivity index (χ0v) is 13.9. The summed E-state index contributed by atoms with van der Waals surface area (Å²) in [7, 11) is 0. The molecule has 0 spiro atoms. The molecule has 3 aliphatic heterocycles. The molecule has 1 N–H and O–H groups in total. The van der Waals surface area contributed by atoms with E-state index in [1.807, 2.05) is 23.1 Å². The van der Waals surface area contributed by atoms with Crippen molar-refractivity contribution in [1.82, 2.24) is 9.80 Å². The van der Waals surface area contributed by atoms with E-state index in [2.05, 4.69) is 4.90 Å². The number of carbonyl (C=O) groups is 1. The Morgan fingerprint density at radius 1 is 1.08 bits per heavy atom. The number of nitrogens with zero attached hydrogens (tertiary/aromatic N) is 2. The van der Waals surface area contributed by atoms with Crippen LogP contribution in [-0.4, -0.2) is 60.3 Å². The number of piperidine rings is 1. The molecule has 1 amide bonds. The Kier molecular flexibility index (Phi) is 4.10. The van der Waals surface area contributed by atoms with Gasteiger partial charge in [-0.25, -0.2) is 0 Å². The molecule has 0 aromatic heterocycles. The first-order valence-corrected chi connectivity index (χ1v) is 8.77. The highest BCUT2D eigenvalue weighted by molar-refractivity contribution is 5.78. The van der Waals surface area contributed by atoms with E-state index in [-0.39, 0.29) is 12.7 Å². The minimum atomic E-state index is -0.853. The lowest BCUT2D eigenvalue weighted by Gasteiger charge is -2.38. The molecule has 0 unspecified atom stereocenters. The highest BCUT2D eigenvalue weighted by Gasteiger charge is 2.36. The molecule has 3 aliphatic rings. The molecule has 24 heavy (non-hydrogen) atoms. The van der Waals surface area contributed by atoms with Gasteiger partial charge in [0.15, 0.2) is 11.5 Å². The molecule has 4 rings (SSSR count). The summed E-state index contributed by atoms with van der Waals surface area (Å²) in [6, 6.07) is 5.66. The van der Waals surface area contributed by atoms with Crippen LogP contribution in [0, 0.1) is 0 Å². The van der Waals surface area contributed by atoms with E-state index in [1.54, 1.807) is 0 Å². The molecule has 2 saturated heterocycles. The number of fused-ring (bicyclic) bond motifs is 1. The van der Waals surface area contributed by atoms with Crippen LogP contribution in [0.25, 0.3) is 0 Å². The van der Waals surface area contributed by atoms with Crippen molar-refractivity contribution >= 4 is 5.91 Å². The maximum absolute atomic E-state index is 12.3. The number of ether oxygens (including phenoxy) is 2. The molecule has 3 heterocycles. The third kappa shape index (κ3) is 2.96. The van der Waals surface area contributed by atoms with E-state index < -0.39 is 5.60 Å². The quantitative estimate of drug-likeness (QED) is 0.905. The number of aliphatic hydroxyl groups is 1. The van der Waals surface area contributed by atoms with Crippen LogP contribution in [0.2, 0.25) is 0 Å². The van der Waals surface area contributed by atoms with Gasteiger partial charge >= 0.3 is 0 Å². The predicted molar refractivity (Wildman–Crippen MR) is 87.9 cm³/mol. The Morgan fingerprint density at radius 3 is 2.54 bits per heavy atom. The highest BCUT2D eigenvalue weighted by atomic mass is 16.7. The SMILES string of the molecule is O=C(CN1CCC(O)(c2ccc3c(c2)OCO3)CC1)N1CCCC1. The van der Waals surface area contributed by atoms with E-state index in [1.165, 1.54) is 0 Å². The minimum Gasteiger partial charge on any atom is -0.454 e. The van der Waals surface area contributed by atoms with Crippen LogP contribution in [0.5, 0.6) is 11.5 Å². The Balaban J connectivity index is 1.37. The summed E-state index contributed by atoms with van der Waals surface area (Å²) < 4.78 is 10.7. The molecule has 6 heteroatoms. The molecule has 6 nitrogen and oxygen atoms in total. The summed E-state index contributed by atoms with van der Waals surface area (Å²) in [5, 5.41) is 11.0. The monoisotopic (exact) mass is 332 g/mol. The lowest BCUT2D eigenvalue weighted by molar-refractivity contribution is -0.132. The van der Waals surface area contributed by atoms with Crippen molar-refractivity contribution < 1.29 is 19.4 Å². The average Bonchev–Trinajstić information content (AvgIpc) is 3.28. The Hall–Kier alpha value is -1.79. The van der Waals surface area contributed by atoms with Crippen LogP contribution in [0.3, 0.4) is 0 Å². The summed E-state index contributed by atoms with van der Waals surface area (Å²) in [6.45, 7) is 3.96. The molecule has 0 atom stereocenters. The van der Waals surface area contributed by atoms with Gasteiger partial charge in [0.2, 0.25) is 12.7 Å². The zero-order valence-electron chi connectivity index (χ0n) is 13.9. The van der Waals surface area contributed by atoms with Gasteiger partial charge < -0.3 is 19.5 Å². The maximum atomic E-state index is 12.3. The smallest absolute Gasteiger partial charge is 0.236 e. The molecule has 130 valence electrons. The van der Waals surface area contributed by atoms with Crippen LogP contribution >= 0.6 is 0 Å². The van der Waals surface area contributed by atoms with Gasteiger partial charge in [-0.05, 0) is 43.4 Å². The number of rotatable bonds is 3. The summed E-state index contributed by atoms with van der Waals surface area (Å²) in [5.41, 5.74) is 0.0195. The van der Waals surface area contributed by atoms with Crippen molar-refractivity contribution in [2.45, 2.75) is 31.3 Å². The Morgan fingerprint density at radius 2 is 1.79 bits per heavy atom. The van der Waals surface area contributed by atoms with Crippen molar-refractivity contribution in [3.8, 4) is 11.5 Å². The van der Waals surface area contributed by atoms with Gasteiger partial charge in [0.1, 0.15) is 0 Å². The molecule has 2 fully saturated rings. The van der Waals surface area contributed by atoms with Gasteiger partial charge in [0.25, 0.3) is 0 Å². The van der Waals surface area contributed by atoms with Crippen molar-refractivity contribution in [3.63, 3.8) is 0 Å². The molecular weight excluding hydrogens is 308 g/mol. The Bertz CT molecular complexity index is 619. The number of hydrogen-bond acceptors (Lipinski definition) is 5. The van der Waals surface area contributed by atoms with Gasteiger partial charge in [-0.15, -0.1) is 0 Å². The fraction of sp³-hybridized carbons (Fsp3) is 0.611. The summed E-state index contributed by atoms with van der Waals surface area (Å²) in [6.07, 6.45) is 3.49. The van der Waals surface area contributed by atoms with Gasteiger partial charge in [-0.1, -0.05) is 6.07 Å². The lowest BCUT2D eigenvalue weighted by atomic mass is 9.84. The third-order valence-electron chi connectivity index (χ3n) is 5.41. The van der Waals surface area contributed by atoms with E-state index in [4.69, 9.17) is 9.47 Å². The van der Waals surface area contributed by atoms with Gasteiger partial charge in [-0.3, -0.25) is 9.69 Å². The fourth-order valence-corrected chi connectivity index (χ4v) is 3.81. The molecule has 0 saturated carbocycles. The van der Waals surface area contributed by atoms with Crippen molar-refractivity contribution in [1.29, 1.82) is 0 Å². The number of carbonyl (C=O) groups excluding carboxylic acids is 1. The second kappa shape index (κ2) is 6.26. The predicted octanol–water partition coefficient (Wildman–Crippen LogP) is 1.32. The number of amides is 1. The largest absolute Gasteiger partial charge is 0.454 e. The first kappa shape index (κ1) is 15.7. The van der Waals surface area contributed by atoms with E-state index in [9.17, 15) is 9.90 Å². The van der Waals surface area contributed by atoms with Gasteiger partial charge in [0.05, 0.1) is 12.1 Å². The summed E-state index contributed by atoms with van der Waals surface area (Å²) >= 11 is 0. The topological polar surface area (TPSA) is 62.2 Å². The van der Waals surface area contributed by atoms with E-state index in [0.717, 1.165) is 50.3 Å². The number of likely N-dealkylation sites (tertiary alicyclic amines) is 2. The second-order valence-corrected chi connectivity index (χ2v) is 6.96. The van der Waals surface area contributed by atoms with Crippen LogP contribution in [0.4, 0.5) is 0 Å². The second-order valence-electron chi connectivity index (χ2n) is 6.96. The zero-order chi connectivity index (χ0) is 16.6. The first-order valence-electron chi connectivity index (χ1n) is 8.77. The van der Waals surface area contributed by atoms with Crippen LogP contribution in [0.15, 0.2) is 18.2 Å². The van der Waals surface area contributed by atoms with Crippen molar-refractivity contribution in [2.75, 3.05) is 39.5 Å². The minimum absolute atomic E-state index is 0.223. The normalized spacial score (nSPS) is 22.8. The van der Waals surface area contributed by atoms with E-state index >= 15 is 0 Å². The van der Waals surface area contributed by atoms with Crippen LogP contribution < -0.4 is 9.47 Å². The maximum Gasteiger partial charge on any atom is 0.236 e. The molecular formula is C18H24N2O4. The van der Waals surface area contributed by atoms with Crippen LogP contribution in [0.1, 0.15) is 31.2 Å². The lowest BCUT2D eigenvalue weighted by Crippen LogP contribution is -2.46. The number of benzene rings is 1. The fourth-order valence-electron chi connectivity index (χ4n) is 3.81. The summed E-state index contributed by atoms with van der Waals surface area (Å²) in [5.74, 6) is 1.66. The Labute approximate surface area is 141 Å². The van der Waals surface area contributed by atoms with Crippen molar-refractivity contribution in [3.05, 3.63) is 23.8 Å². The highest BCUT2D eigenvalue weighted by Crippen LogP contribution is 2.39.